The van der Waals surface area contributed by atoms with E-state index in [4.69, 9.17) is 24.2 Å². The first-order valence-electron chi connectivity index (χ1n) is 13.7. The number of rotatable bonds is 5. The fourth-order valence-electron chi connectivity index (χ4n) is 5.45. The van der Waals surface area contributed by atoms with Gasteiger partial charge in [0, 0.05) is 46.3 Å². The van der Waals surface area contributed by atoms with Crippen LogP contribution < -0.4 is 4.74 Å². The van der Waals surface area contributed by atoms with Crippen molar-refractivity contribution in [2.45, 2.75) is 65.2 Å². The summed E-state index contributed by atoms with van der Waals surface area (Å²) in [6.45, 7) is 12.5. The lowest BCUT2D eigenvalue weighted by molar-refractivity contribution is 0.0518. The van der Waals surface area contributed by atoms with Gasteiger partial charge >= 0.3 is 11.9 Å². The molecule has 2 aliphatic heterocycles. The number of aromatic amines is 2. The second-order valence-electron chi connectivity index (χ2n) is 11.6. The quantitative estimate of drug-likeness (QED) is 0.312. The van der Waals surface area contributed by atoms with Crippen LogP contribution in [0.5, 0.6) is 5.75 Å². The Balaban J connectivity index is 1.96. The third-order valence-electron chi connectivity index (χ3n) is 7.52. The van der Waals surface area contributed by atoms with E-state index in [1.54, 1.807) is 27.0 Å². The van der Waals surface area contributed by atoms with E-state index < -0.39 is 11.9 Å². The van der Waals surface area contributed by atoms with Crippen molar-refractivity contribution in [1.82, 2.24) is 19.9 Å². The number of aromatic nitrogens is 4. The van der Waals surface area contributed by atoms with E-state index in [0.29, 0.717) is 62.0 Å². The number of halogens is 1. The Labute approximate surface area is 247 Å². The first kappa shape index (κ1) is 28.9. The predicted octanol–water partition coefficient (Wildman–Crippen LogP) is 6.48. The molecule has 0 unspecified atom stereocenters. The van der Waals surface area contributed by atoms with Crippen LogP contribution >= 0.6 is 15.9 Å². The number of nitrogens with one attached hydrogen (secondary N) is 2. The molecule has 0 radical (unpaired) electrons. The minimum absolute atomic E-state index is 0.250. The molecule has 0 amide bonds. The first-order valence-corrected chi connectivity index (χ1v) is 14.5. The summed E-state index contributed by atoms with van der Waals surface area (Å²) in [6.07, 6.45) is 1.23. The van der Waals surface area contributed by atoms with Gasteiger partial charge in [-0.25, -0.2) is 9.59 Å². The number of esters is 2. The van der Waals surface area contributed by atoms with Crippen molar-refractivity contribution in [3.05, 3.63) is 62.6 Å². The Morgan fingerprint density at radius 2 is 1.54 bits per heavy atom. The number of hydrogen-bond donors (Lipinski definition) is 2. The number of nitrogens with zero attached hydrogens (tertiary/aromatic N) is 2. The fraction of sp³-hybridized carbons (Fsp3) is 0.419. The van der Waals surface area contributed by atoms with E-state index in [-0.39, 0.29) is 24.0 Å². The molecule has 5 rings (SSSR count). The van der Waals surface area contributed by atoms with Gasteiger partial charge in [-0.3, -0.25) is 9.97 Å². The van der Waals surface area contributed by atoms with Crippen LogP contribution in [0.15, 0.2) is 28.7 Å². The highest BCUT2D eigenvalue weighted by Crippen LogP contribution is 2.39. The van der Waals surface area contributed by atoms with Gasteiger partial charge in [0.25, 0.3) is 0 Å². The highest BCUT2D eigenvalue weighted by atomic mass is 79.9. The van der Waals surface area contributed by atoms with Crippen LogP contribution in [0, 0.1) is 0 Å². The molecule has 3 aromatic heterocycles. The molecule has 0 atom stereocenters. The van der Waals surface area contributed by atoms with E-state index in [2.05, 4.69) is 53.6 Å². The zero-order chi connectivity index (χ0) is 29.7. The lowest BCUT2D eigenvalue weighted by Gasteiger charge is -2.16. The van der Waals surface area contributed by atoms with Crippen molar-refractivity contribution >= 4 is 49.9 Å². The smallest absolute Gasteiger partial charge is 0.341 e. The van der Waals surface area contributed by atoms with Crippen molar-refractivity contribution in [2.75, 3.05) is 20.3 Å². The van der Waals surface area contributed by atoms with E-state index in [0.717, 1.165) is 17.1 Å². The lowest BCUT2D eigenvalue weighted by Crippen LogP contribution is -2.15. The summed E-state index contributed by atoms with van der Waals surface area (Å²) >= 11 is 3.66. The van der Waals surface area contributed by atoms with Crippen LogP contribution in [0.3, 0.4) is 0 Å². The third-order valence-corrected chi connectivity index (χ3v) is 8.35. The monoisotopic (exact) mass is 622 g/mol. The number of carbonyl (C=O) groups excluding carboxylic acids is 2. The zero-order valence-corrected chi connectivity index (χ0v) is 26.0. The average Bonchev–Trinajstić information content (AvgIpc) is 3.59. The minimum atomic E-state index is -0.443. The first-order chi connectivity index (χ1) is 19.4. The molecule has 8 bridgehead atoms. The maximum atomic E-state index is 13.1. The molecule has 2 aliphatic rings. The van der Waals surface area contributed by atoms with Crippen molar-refractivity contribution in [3.8, 4) is 5.75 Å². The van der Waals surface area contributed by atoms with Gasteiger partial charge in [-0.2, -0.15) is 0 Å². The van der Waals surface area contributed by atoms with Crippen molar-refractivity contribution in [2.24, 2.45) is 0 Å². The van der Waals surface area contributed by atoms with Crippen LogP contribution in [0.25, 0.3) is 22.1 Å². The van der Waals surface area contributed by atoms with Gasteiger partial charge in [0.2, 0.25) is 0 Å². The van der Waals surface area contributed by atoms with Crippen LogP contribution in [-0.2, 0) is 33.1 Å². The van der Waals surface area contributed by atoms with E-state index in [1.165, 1.54) is 0 Å². The van der Waals surface area contributed by atoms with Gasteiger partial charge in [0.1, 0.15) is 0 Å². The molecule has 216 valence electrons. The molecular weight excluding hydrogens is 588 g/mol. The predicted molar refractivity (Wildman–Crippen MR) is 161 cm³/mol. The average molecular weight is 624 g/mol. The number of H-pyrrole nitrogens is 2. The Kier molecular flexibility index (Phi) is 7.48. The summed E-state index contributed by atoms with van der Waals surface area (Å²) in [5.41, 5.74) is 5.80. The molecule has 3 aromatic rings. The Morgan fingerprint density at radius 3 is 2.22 bits per heavy atom. The van der Waals surface area contributed by atoms with E-state index in [9.17, 15) is 9.59 Å². The number of methoxy groups -OCH3 is 1. The molecule has 10 heteroatoms. The van der Waals surface area contributed by atoms with Crippen LogP contribution in [0.2, 0.25) is 0 Å². The van der Waals surface area contributed by atoms with Gasteiger partial charge < -0.3 is 24.2 Å². The largest absolute Gasteiger partial charge is 0.493 e. The maximum absolute atomic E-state index is 13.1. The maximum Gasteiger partial charge on any atom is 0.341 e. The highest BCUT2D eigenvalue weighted by molar-refractivity contribution is 9.10. The zero-order valence-electron chi connectivity index (χ0n) is 24.5. The van der Waals surface area contributed by atoms with Crippen LogP contribution in [0.1, 0.15) is 85.0 Å². The second kappa shape index (κ2) is 10.6. The van der Waals surface area contributed by atoms with Gasteiger partial charge in [-0.1, -0.05) is 27.7 Å². The molecule has 2 N–H and O–H groups in total. The molecule has 0 aromatic carbocycles. The minimum Gasteiger partial charge on any atom is -0.493 e. The molecule has 0 aliphatic carbocycles. The number of hydrogen-bond acceptors (Lipinski definition) is 7. The van der Waals surface area contributed by atoms with Crippen molar-refractivity contribution in [3.63, 3.8) is 0 Å². The molecule has 0 saturated carbocycles. The van der Waals surface area contributed by atoms with Gasteiger partial charge in [0.05, 0.1) is 58.2 Å². The van der Waals surface area contributed by atoms with Gasteiger partial charge in [-0.05, 0) is 54.0 Å². The number of fused-ring (bicyclic) bond motifs is 8. The SMILES string of the molecule is CCOC(=O)c1c(Br)c2cc3nc(c(OC)c4[nH]c(cc5nc(cc1[nH]2)CC5(C)C)cc4C(=O)OCC)CC3(C)C. The summed E-state index contributed by atoms with van der Waals surface area (Å²) in [7, 11) is 1.57. The highest BCUT2D eigenvalue weighted by Gasteiger charge is 2.33. The van der Waals surface area contributed by atoms with Gasteiger partial charge in [0.15, 0.2) is 5.75 Å². The Hall–Kier alpha value is -3.66. The molecule has 0 fully saturated rings. The summed E-state index contributed by atoms with van der Waals surface area (Å²) < 4.78 is 17.3. The van der Waals surface area contributed by atoms with Crippen molar-refractivity contribution in [1.29, 1.82) is 0 Å². The van der Waals surface area contributed by atoms with E-state index >= 15 is 0 Å². The summed E-state index contributed by atoms with van der Waals surface area (Å²) in [6, 6.07) is 7.56. The molecule has 41 heavy (non-hydrogen) atoms. The molecule has 9 nitrogen and oxygen atoms in total. The summed E-state index contributed by atoms with van der Waals surface area (Å²) in [5.74, 6) is -0.391. The second-order valence-corrected chi connectivity index (χ2v) is 12.4. The van der Waals surface area contributed by atoms with Crippen molar-refractivity contribution < 1.29 is 23.8 Å². The molecular formula is C31H35BrN4O5. The summed E-state index contributed by atoms with van der Waals surface area (Å²) in [4.78, 5) is 42.9. The standard InChI is InChI=1S/C31H35BrN4O5/c1-8-40-28(37)18-10-16-12-22-30(3,4)14-17(33-22)11-19-24(29(38)41-9-2)25(32)20(35-19)13-23-31(5,6)15-21(36-23)27(39-7)26(18)34-16/h10-13,34-35H,8-9,14-15H2,1-7H3. The van der Waals surface area contributed by atoms with Crippen LogP contribution in [-0.4, -0.2) is 52.2 Å². The topological polar surface area (TPSA) is 119 Å². The van der Waals surface area contributed by atoms with Gasteiger partial charge in [-0.15, -0.1) is 0 Å². The third kappa shape index (κ3) is 5.25. The fourth-order valence-corrected chi connectivity index (χ4v) is 6.04. The van der Waals surface area contributed by atoms with E-state index in [1.807, 2.05) is 18.2 Å². The molecule has 0 spiro atoms. The normalized spacial score (nSPS) is 15.4. The Bertz CT molecular complexity index is 1720. The summed E-state index contributed by atoms with van der Waals surface area (Å²) in [5, 5.41) is 0. The molecule has 5 heterocycles. The number of carbonyl (C=O) groups is 2. The van der Waals surface area contributed by atoms with Crippen LogP contribution in [0.4, 0.5) is 0 Å². The number of ether oxygens (including phenoxy) is 3. The Morgan fingerprint density at radius 1 is 0.878 bits per heavy atom. The lowest BCUT2D eigenvalue weighted by atomic mass is 9.87. The molecule has 0 saturated heterocycles.